The number of carbonyl (C=O) groups excluding carboxylic acids is 1. The van der Waals surface area contributed by atoms with E-state index < -0.39 is 0 Å². The topological polar surface area (TPSA) is 37.6 Å². The van der Waals surface area contributed by atoms with E-state index in [0.29, 0.717) is 6.54 Å². The number of aryl methyl sites for hydroxylation is 1. The lowest BCUT2D eigenvalue weighted by Crippen LogP contribution is -2.34. The van der Waals surface area contributed by atoms with E-state index in [1.807, 2.05) is 23.2 Å². The first-order chi connectivity index (χ1) is 7.75. The molecular weight excluding hydrogens is 222 g/mol. The van der Waals surface area contributed by atoms with Crippen LogP contribution >= 0.6 is 11.3 Å². The van der Waals surface area contributed by atoms with Gasteiger partial charge in [-0.1, -0.05) is 6.42 Å². The zero-order valence-electron chi connectivity index (χ0n) is 9.56. The van der Waals surface area contributed by atoms with Gasteiger partial charge in [0.1, 0.15) is 0 Å². The van der Waals surface area contributed by atoms with E-state index in [0.717, 1.165) is 17.9 Å². The van der Waals surface area contributed by atoms with Crippen LogP contribution in [-0.4, -0.2) is 35.0 Å². The van der Waals surface area contributed by atoms with Crippen LogP contribution in [0.15, 0.2) is 16.6 Å². The van der Waals surface area contributed by atoms with E-state index in [1.165, 1.54) is 30.6 Å². The molecule has 0 aromatic carbocycles. The number of carbonyl (C=O) groups is 1. The molecule has 1 fully saturated rings. The van der Waals surface area contributed by atoms with Gasteiger partial charge in [0.05, 0.1) is 6.54 Å². The highest BCUT2D eigenvalue weighted by atomic mass is 32.1. The van der Waals surface area contributed by atoms with Crippen molar-refractivity contribution in [2.45, 2.75) is 19.3 Å². The Morgan fingerprint density at radius 2 is 2.19 bits per heavy atom. The highest BCUT2D eigenvalue weighted by Crippen LogP contribution is 2.07. The Morgan fingerprint density at radius 3 is 2.81 bits per heavy atom. The van der Waals surface area contributed by atoms with Gasteiger partial charge in [0.25, 0.3) is 5.91 Å². The molecule has 5 heteroatoms. The molecule has 1 aromatic rings. The number of amides is 1. The minimum absolute atomic E-state index is 0.0278. The second-order valence-electron chi connectivity index (χ2n) is 4.14. The summed E-state index contributed by atoms with van der Waals surface area (Å²) in [6.45, 7) is 2.55. The Labute approximate surface area is 99.2 Å². The van der Waals surface area contributed by atoms with Crippen molar-refractivity contribution in [2.75, 3.05) is 19.6 Å². The van der Waals surface area contributed by atoms with Gasteiger partial charge in [0, 0.05) is 18.6 Å². The van der Waals surface area contributed by atoms with Crippen molar-refractivity contribution in [1.29, 1.82) is 0 Å². The lowest BCUT2D eigenvalue weighted by molar-refractivity contribution is -0.119. The van der Waals surface area contributed by atoms with Crippen LogP contribution in [0.25, 0.3) is 0 Å². The van der Waals surface area contributed by atoms with Crippen molar-refractivity contribution >= 4 is 17.2 Å². The minimum atomic E-state index is -0.0278. The third kappa shape index (κ3) is 3.02. The highest BCUT2D eigenvalue weighted by molar-refractivity contribution is 7.07. The SMILES string of the molecule is Cn1ccsc1=NC(=O)CN1CCCCC1. The van der Waals surface area contributed by atoms with Gasteiger partial charge in [-0.3, -0.25) is 9.69 Å². The molecule has 0 bridgehead atoms. The average Bonchev–Trinajstić information content (AvgIpc) is 2.66. The fraction of sp³-hybridized carbons (Fsp3) is 0.636. The van der Waals surface area contributed by atoms with Crippen LogP contribution in [0.5, 0.6) is 0 Å². The molecule has 2 heterocycles. The zero-order chi connectivity index (χ0) is 11.4. The normalized spacial score (nSPS) is 18.9. The van der Waals surface area contributed by atoms with Crippen LogP contribution < -0.4 is 4.80 Å². The van der Waals surface area contributed by atoms with Gasteiger partial charge in [-0.2, -0.15) is 4.99 Å². The molecule has 2 rings (SSSR count). The van der Waals surface area contributed by atoms with Crippen molar-refractivity contribution < 1.29 is 4.79 Å². The van der Waals surface area contributed by atoms with Crippen molar-refractivity contribution in [3.8, 4) is 0 Å². The number of hydrogen-bond acceptors (Lipinski definition) is 3. The monoisotopic (exact) mass is 239 g/mol. The maximum Gasteiger partial charge on any atom is 0.262 e. The Morgan fingerprint density at radius 1 is 1.44 bits per heavy atom. The number of thiazole rings is 1. The van der Waals surface area contributed by atoms with Crippen molar-refractivity contribution in [1.82, 2.24) is 9.47 Å². The summed E-state index contributed by atoms with van der Waals surface area (Å²) < 4.78 is 1.87. The lowest BCUT2D eigenvalue weighted by atomic mass is 10.1. The fourth-order valence-corrected chi connectivity index (χ4v) is 2.63. The smallest absolute Gasteiger partial charge is 0.262 e. The van der Waals surface area contributed by atoms with Crippen LogP contribution in [0.2, 0.25) is 0 Å². The zero-order valence-corrected chi connectivity index (χ0v) is 10.4. The molecule has 16 heavy (non-hydrogen) atoms. The summed E-state index contributed by atoms with van der Waals surface area (Å²) in [7, 11) is 1.91. The van der Waals surface area contributed by atoms with E-state index in [9.17, 15) is 4.79 Å². The summed E-state index contributed by atoms with van der Waals surface area (Å²) in [4.78, 5) is 18.8. The van der Waals surface area contributed by atoms with Crippen LogP contribution in [0.3, 0.4) is 0 Å². The summed E-state index contributed by atoms with van der Waals surface area (Å²) in [6.07, 6.45) is 5.62. The van der Waals surface area contributed by atoms with Crippen LogP contribution in [-0.2, 0) is 11.8 Å². The van der Waals surface area contributed by atoms with Gasteiger partial charge in [-0.25, -0.2) is 0 Å². The van der Waals surface area contributed by atoms with Crippen molar-refractivity contribution in [3.05, 3.63) is 16.4 Å². The Kier molecular flexibility index (Phi) is 3.90. The lowest BCUT2D eigenvalue weighted by Gasteiger charge is -2.24. The first-order valence-corrected chi connectivity index (χ1v) is 6.54. The summed E-state index contributed by atoms with van der Waals surface area (Å²) in [5.74, 6) is -0.0278. The van der Waals surface area contributed by atoms with Gasteiger partial charge in [-0.05, 0) is 25.9 Å². The van der Waals surface area contributed by atoms with E-state index in [1.54, 1.807) is 0 Å². The summed E-state index contributed by atoms with van der Waals surface area (Å²) >= 11 is 1.50. The number of piperidine rings is 1. The fourth-order valence-electron chi connectivity index (χ4n) is 1.89. The standard InChI is InChI=1S/C11H17N3OS/c1-13-7-8-16-11(13)12-10(15)9-14-5-3-2-4-6-14/h7-8H,2-6,9H2,1H3. The Bertz CT molecular complexity index is 415. The molecule has 0 aliphatic carbocycles. The largest absolute Gasteiger partial charge is 0.327 e. The molecular formula is C11H17N3OS. The third-order valence-electron chi connectivity index (χ3n) is 2.79. The minimum Gasteiger partial charge on any atom is -0.327 e. The van der Waals surface area contributed by atoms with Gasteiger partial charge in [-0.15, -0.1) is 11.3 Å². The molecule has 0 saturated carbocycles. The number of rotatable bonds is 2. The van der Waals surface area contributed by atoms with Crippen LogP contribution in [0.4, 0.5) is 0 Å². The highest BCUT2D eigenvalue weighted by Gasteiger charge is 2.13. The molecule has 0 spiro atoms. The van der Waals surface area contributed by atoms with E-state index >= 15 is 0 Å². The summed E-state index contributed by atoms with van der Waals surface area (Å²) in [5.41, 5.74) is 0. The molecule has 1 aromatic heterocycles. The Balaban J connectivity index is 1.96. The molecule has 1 amide bonds. The molecule has 1 aliphatic heterocycles. The molecule has 0 N–H and O–H groups in total. The predicted octanol–water partition coefficient (Wildman–Crippen LogP) is 1.000. The van der Waals surface area contributed by atoms with E-state index in [2.05, 4.69) is 9.89 Å². The maximum atomic E-state index is 11.7. The van der Waals surface area contributed by atoms with Crippen molar-refractivity contribution in [3.63, 3.8) is 0 Å². The van der Waals surface area contributed by atoms with Gasteiger partial charge >= 0.3 is 0 Å². The molecule has 4 nitrogen and oxygen atoms in total. The molecule has 0 atom stereocenters. The number of nitrogens with zero attached hydrogens (tertiary/aromatic N) is 3. The first kappa shape index (κ1) is 11.5. The third-order valence-corrected chi connectivity index (χ3v) is 3.64. The van der Waals surface area contributed by atoms with E-state index in [-0.39, 0.29) is 5.91 Å². The van der Waals surface area contributed by atoms with Gasteiger partial charge in [0.2, 0.25) is 0 Å². The van der Waals surface area contributed by atoms with Crippen molar-refractivity contribution in [2.24, 2.45) is 12.0 Å². The molecule has 1 aliphatic rings. The number of likely N-dealkylation sites (tertiary alicyclic amines) is 1. The first-order valence-electron chi connectivity index (χ1n) is 5.66. The van der Waals surface area contributed by atoms with Gasteiger partial charge < -0.3 is 4.57 Å². The van der Waals surface area contributed by atoms with Crippen LogP contribution in [0, 0.1) is 0 Å². The molecule has 88 valence electrons. The summed E-state index contributed by atoms with van der Waals surface area (Å²) in [6, 6.07) is 0. The summed E-state index contributed by atoms with van der Waals surface area (Å²) in [5, 5.41) is 1.94. The molecule has 1 saturated heterocycles. The second-order valence-corrected chi connectivity index (χ2v) is 5.01. The quantitative estimate of drug-likeness (QED) is 0.772. The maximum absolute atomic E-state index is 11.7. The Hall–Kier alpha value is -0.940. The predicted molar refractivity (Wildman–Crippen MR) is 64.2 cm³/mol. The van der Waals surface area contributed by atoms with Crippen LogP contribution in [0.1, 0.15) is 19.3 Å². The number of hydrogen-bond donors (Lipinski definition) is 0. The van der Waals surface area contributed by atoms with E-state index in [4.69, 9.17) is 0 Å². The average molecular weight is 239 g/mol. The van der Waals surface area contributed by atoms with Gasteiger partial charge in [0.15, 0.2) is 4.80 Å². The number of aromatic nitrogens is 1. The molecule has 0 unspecified atom stereocenters. The second kappa shape index (κ2) is 5.41. The molecule has 0 radical (unpaired) electrons.